The molecule has 1 N–H and O–H groups in total. The second-order valence-electron chi connectivity index (χ2n) is 4.28. The molecule has 2 aromatic rings. The third-order valence-electron chi connectivity index (χ3n) is 2.86. The molecule has 19 heavy (non-hydrogen) atoms. The van der Waals surface area contributed by atoms with Crippen molar-refractivity contribution in [2.24, 2.45) is 0 Å². The van der Waals surface area contributed by atoms with E-state index in [0.717, 1.165) is 24.5 Å². The van der Waals surface area contributed by atoms with Crippen molar-refractivity contribution in [2.45, 2.75) is 12.5 Å². The monoisotopic (exact) mass is 296 g/mol. The predicted octanol–water partition coefficient (Wildman–Crippen LogP) is 2.03. The molecule has 7 heteroatoms. The summed E-state index contributed by atoms with van der Waals surface area (Å²) in [6.45, 7) is 1.03. The van der Waals surface area contributed by atoms with Crippen LogP contribution in [0.3, 0.4) is 0 Å². The predicted molar refractivity (Wildman–Crippen MR) is 75.4 cm³/mol. The van der Waals surface area contributed by atoms with Crippen LogP contribution in [0.5, 0.6) is 0 Å². The molecule has 0 saturated carbocycles. The first-order valence-electron chi connectivity index (χ1n) is 6.07. The summed E-state index contributed by atoms with van der Waals surface area (Å²) in [6.07, 6.45) is 2.40. The van der Waals surface area contributed by atoms with E-state index in [1.54, 1.807) is 18.3 Å². The Kier molecular flexibility index (Phi) is 4.00. The van der Waals surface area contributed by atoms with Gasteiger partial charge in [-0.1, -0.05) is 16.8 Å². The number of halogens is 1. The van der Waals surface area contributed by atoms with Gasteiger partial charge in [0.15, 0.2) is 0 Å². The molecule has 0 radical (unpaired) electrons. The van der Waals surface area contributed by atoms with Crippen LogP contribution in [0, 0.1) is 0 Å². The summed E-state index contributed by atoms with van der Waals surface area (Å²) >= 11 is 8.00. The van der Waals surface area contributed by atoms with E-state index in [2.05, 4.69) is 20.4 Å². The topological polar surface area (TPSA) is 63.8 Å². The lowest BCUT2D eigenvalue weighted by molar-refractivity contribution is 0.363. The number of nitrogens with one attached hydrogen (secondary N) is 1. The molecular weight excluding hydrogens is 284 g/mol. The highest BCUT2D eigenvalue weighted by Crippen LogP contribution is 2.22. The maximum atomic E-state index is 6.06. The number of nitrogens with zero attached hydrogens (tertiary/aromatic N) is 3. The van der Waals surface area contributed by atoms with Crippen molar-refractivity contribution < 1.29 is 4.52 Å². The molecule has 0 spiro atoms. The molecule has 2 aromatic heterocycles. The van der Waals surface area contributed by atoms with E-state index >= 15 is 0 Å². The smallest absolute Gasteiger partial charge is 0.228 e. The maximum Gasteiger partial charge on any atom is 0.228 e. The molecular formula is C12H13ClN4OS. The largest absolute Gasteiger partial charge is 0.339 e. The summed E-state index contributed by atoms with van der Waals surface area (Å²) in [5.74, 6) is 3.30. The van der Waals surface area contributed by atoms with Crippen molar-refractivity contribution in [1.82, 2.24) is 20.4 Å². The van der Waals surface area contributed by atoms with Crippen molar-refractivity contribution in [2.75, 3.05) is 18.1 Å². The van der Waals surface area contributed by atoms with Crippen molar-refractivity contribution >= 4 is 23.4 Å². The second kappa shape index (κ2) is 5.90. The molecule has 1 unspecified atom stereocenters. The van der Waals surface area contributed by atoms with Crippen LogP contribution in [0.4, 0.5) is 0 Å². The third kappa shape index (κ3) is 3.08. The van der Waals surface area contributed by atoms with Crippen molar-refractivity contribution in [3.05, 3.63) is 29.2 Å². The fourth-order valence-corrected chi connectivity index (χ4v) is 3.10. The summed E-state index contributed by atoms with van der Waals surface area (Å²) in [5.41, 5.74) is 0.560. The van der Waals surface area contributed by atoms with Crippen LogP contribution in [0.15, 0.2) is 22.9 Å². The Morgan fingerprint density at radius 3 is 3.26 bits per heavy atom. The fourth-order valence-electron chi connectivity index (χ4n) is 1.95. The van der Waals surface area contributed by atoms with Gasteiger partial charge in [0, 0.05) is 36.7 Å². The zero-order chi connectivity index (χ0) is 13.1. The molecule has 1 aliphatic heterocycles. The fraction of sp³-hybridized carbons (Fsp3) is 0.417. The van der Waals surface area contributed by atoms with E-state index in [1.165, 1.54) is 0 Å². The van der Waals surface area contributed by atoms with Crippen LogP contribution in [-0.4, -0.2) is 39.2 Å². The molecule has 100 valence electrons. The number of hydrogen-bond donors (Lipinski definition) is 1. The Labute approximate surface area is 120 Å². The molecule has 0 aromatic carbocycles. The second-order valence-corrected chi connectivity index (χ2v) is 5.83. The Morgan fingerprint density at radius 2 is 2.47 bits per heavy atom. The number of rotatable bonds is 3. The molecule has 1 aliphatic rings. The summed E-state index contributed by atoms with van der Waals surface area (Å²) in [5, 5.41) is 7.91. The molecule has 0 amide bonds. The molecule has 0 bridgehead atoms. The van der Waals surface area contributed by atoms with Gasteiger partial charge in [0.05, 0.1) is 5.02 Å². The Bertz CT molecular complexity index is 556. The SMILES string of the molecule is Clc1cccnc1-c1noc(CC2CSCCN2)n1. The van der Waals surface area contributed by atoms with Gasteiger partial charge in [0.2, 0.25) is 11.7 Å². The van der Waals surface area contributed by atoms with Gasteiger partial charge in [-0.2, -0.15) is 16.7 Å². The first-order chi connectivity index (χ1) is 9.33. The average molecular weight is 297 g/mol. The van der Waals surface area contributed by atoms with Gasteiger partial charge in [-0.15, -0.1) is 0 Å². The lowest BCUT2D eigenvalue weighted by Crippen LogP contribution is -2.38. The standard InChI is InChI=1S/C12H13ClN4OS/c13-9-2-1-3-15-11(9)12-16-10(18-17-12)6-8-7-19-5-4-14-8/h1-3,8,14H,4-7H2. The van der Waals surface area contributed by atoms with Gasteiger partial charge in [0.25, 0.3) is 0 Å². The van der Waals surface area contributed by atoms with Crippen molar-refractivity contribution in [3.63, 3.8) is 0 Å². The van der Waals surface area contributed by atoms with Crippen molar-refractivity contribution in [1.29, 1.82) is 0 Å². The minimum Gasteiger partial charge on any atom is -0.339 e. The van der Waals surface area contributed by atoms with E-state index in [9.17, 15) is 0 Å². The van der Waals surface area contributed by atoms with E-state index in [4.69, 9.17) is 16.1 Å². The molecule has 5 nitrogen and oxygen atoms in total. The summed E-state index contributed by atoms with van der Waals surface area (Å²) in [6, 6.07) is 3.93. The van der Waals surface area contributed by atoms with E-state index in [1.807, 2.05) is 11.8 Å². The number of pyridine rings is 1. The van der Waals surface area contributed by atoms with Gasteiger partial charge in [-0.05, 0) is 12.1 Å². The van der Waals surface area contributed by atoms with Gasteiger partial charge in [-0.25, -0.2) is 0 Å². The van der Waals surface area contributed by atoms with E-state index in [-0.39, 0.29) is 0 Å². The molecule has 1 fully saturated rings. The molecule has 3 heterocycles. The minimum atomic E-state index is 0.395. The van der Waals surface area contributed by atoms with E-state index in [0.29, 0.717) is 28.5 Å². The van der Waals surface area contributed by atoms with Gasteiger partial charge in [-0.3, -0.25) is 4.98 Å². The van der Waals surface area contributed by atoms with Crippen LogP contribution in [0.2, 0.25) is 5.02 Å². The quantitative estimate of drug-likeness (QED) is 0.935. The van der Waals surface area contributed by atoms with Crippen LogP contribution in [0.1, 0.15) is 5.89 Å². The molecule has 3 rings (SSSR count). The molecule has 0 aliphatic carbocycles. The van der Waals surface area contributed by atoms with Gasteiger partial charge < -0.3 is 9.84 Å². The Hall–Kier alpha value is -1.11. The highest BCUT2D eigenvalue weighted by atomic mass is 35.5. The number of aromatic nitrogens is 3. The van der Waals surface area contributed by atoms with Crippen molar-refractivity contribution in [3.8, 4) is 11.5 Å². The summed E-state index contributed by atoms with van der Waals surface area (Å²) in [7, 11) is 0. The highest BCUT2D eigenvalue weighted by Gasteiger charge is 2.18. The zero-order valence-corrected chi connectivity index (χ0v) is 11.7. The number of hydrogen-bond acceptors (Lipinski definition) is 6. The summed E-state index contributed by atoms with van der Waals surface area (Å²) < 4.78 is 5.27. The maximum absolute atomic E-state index is 6.06. The lowest BCUT2D eigenvalue weighted by atomic mass is 10.2. The first-order valence-corrected chi connectivity index (χ1v) is 7.61. The number of thioether (sulfide) groups is 1. The summed E-state index contributed by atoms with van der Waals surface area (Å²) in [4.78, 5) is 8.53. The van der Waals surface area contributed by atoms with Gasteiger partial charge in [0.1, 0.15) is 5.69 Å². The van der Waals surface area contributed by atoms with Crippen LogP contribution in [-0.2, 0) is 6.42 Å². The normalized spacial score (nSPS) is 19.5. The van der Waals surface area contributed by atoms with E-state index < -0.39 is 0 Å². The van der Waals surface area contributed by atoms with Gasteiger partial charge >= 0.3 is 0 Å². The first kappa shape index (κ1) is 12.9. The third-order valence-corrected chi connectivity index (χ3v) is 4.29. The molecule has 1 atom stereocenters. The average Bonchev–Trinajstić information content (AvgIpc) is 2.89. The Balaban J connectivity index is 1.74. The van der Waals surface area contributed by atoms with Crippen LogP contribution < -0.4 is 5.32 Å². The van der Waals surface area contributed by atoms with Crippen LogP contribution >= 0.6 is 23.4 Å². The lowest BCUT2D eigenvalue weighted by Gasteiger charge is -2.21. The molecule has 1 saturated heterocycles. The highest BCUT2D eigenvalue weighted by molar-refractivity contribution is 7.99. The van der Waals surface area contributed by atoms with Crippen LogP contribution in [0.25, 0.3) is 11.5 Å². The minimum absolute atomic E-state index is 0.395. The zero-order valence-electron chi connectivity index (χ0n) is 10.2. The Morgan fingerprint density at radius 1 is 1.53 bits per heavy atom.